The molecule has 0 aromatic heterocycles. The van der Waals surface area contributed by atoms with Gasteiger partial charge in [0.15, 0.2) is 0 Å². The molecule has 0 unspecified atom stereocenters. The summed E-state index contributed by atoms with van der Waals surface area (Å²) in [7, 11) is 0. The quantitative estimate of drug-likeness (QED) is 0.683. The van der Waals surface area contributed by atoms with E-state index in [4.69, 9.17) is 16.3 Å². The van der Waals surface area contributed by atoms with Gasteiger partial charge in [0.2, 0.25) is 0 Å². The molecule has 2 nitrogen and oxygen atoms in total. The molecule has 2 bridgehead atoms. The van der Waals surface area contributed by atoms with E-state index >= 15 is 0 Å². The summed E-state index contributed by atoms with van der Waals surface area (Å²) in [6.45, 7) is 7.12. The van der Waals surface area contributed by atoms with Crippen LogP contribution in [0.2, 0.25) is 0 Å². The maximum absolute atomic E-state index is 5.52. The molecule has 3 fully saturated rings. The van der Waals surface area contributed by atoms with Gasteiger partial charge in [0.25, 0.3) is 0 Å². The molecular formula is C19H29ClNO+. The molecule has 3 aliphatic rings. The Labute approximate surface area is 141 Å². The first-order chi connectivity index (χ1) is 10.8. The zero-order chi connectivity index (χ0) is 15.6. The minimum absolute atomic E-state index is 0. The molecule has 3 saturated heterocycles. The van der Waals surface area contributed by atoms with Crippen LogP contribution in [0, 0.1) is 5.92 Å². The van der Waals surface area contributed by atoms with Crippen LogP contribution in [0.3, 0.4) is 0 Å². The molecule has 122 valence electrons. The highest BCUT2D eigenvalue weighted by Gasteiger charge is 2.24. The third kappa shape index (κ3) is 6.02. The van der Waals surface area contributed by atoms with Gasteiger partial charge >= 0.3 is 1.43 Å². The Bertz CT molecular complexity index is 418. The maximum atomic E-state index is 5.52. The number of ether oxygens (including phenoxy) is 1. The fraction of sp³-hybridized carbons (Fsp3) is 0.579. The van der Waals surface area contributed by atoms with E-state index in [0.29, 0.717) is 0 Å². The monoisotopic (exact) mass is 322 g/mol. The Balaban J connectivity index is 0.000000248. The second-order valence-corrected chi connectivity index (χ2v) is 6.39. The number of benzene rings is 1. The standard InChI is InChI=1S/C12H15ClO.C7H13N/c1-2-3-10-14-12-6-4-11(5-7-12)8-9-13;1-4-8-5-2-7(1)3-6-8/h4-9H,2-3,10H2,1H3;7H,1-6H2/p+1/b9-8+;. The molecule has 4 rings (SSSR count). The van der Waals surface area contributed by atoms with Crippen molar-refractivity contribution in [2.24, 2.45) is 5.92 Å². The van der Waals surface area contributed by atoms with Gasteiger partial charge in [-0.1, -0.05) is 37.1 Å². The smallest absolute Gasteiger partial charge is 0.494 e. The van der Waals surface area contributed by atoms with Crippen LogP contribution in [0.5, 0.6) is 5.75 Å². The number of hydrogen-bond acceptors (Lipinski definition) is 2. The average molecular weight is 323 g/mol. The summed E-state index contributed by atoms with van der Waals surface area (Å²) in [6.07, 6.45) is 8.56. The van der Waals surface area contributed by atoms with E-state index in [2.05, 4.69) is 11.8 Å². The van der Waals surface area contributed by atoms with E-state index < -0.39 is 0 Å². The van der Waals surface area contributed by atoms with Crippen LogP contribution in [-0.4, -0.2) is 31.1 Å². The number of unbranched alkanes of at least 4 members (excludes halogenated alkanes) is 1. The lowest BCUT2D eigenvalue weighted by molar-refractivity contribution is 0.111. The number of hydrogen-bond donors (Lipinski definition) is 0. The molecule has 1 aromatic carbocycles. The summed E-state index contributed by atoms with van der Waals surface area (Å²) in [5.41, 5.74) is 2.59. The van der Waals surface area contributed by atoms with Gasteiger partial charge in [-0.2, -0.15) is 0 Å². The highest BCUT2D eigenvalue weighted by atomic mass is 35.5. The third-order valence-electron chi connectivity index (χ3n) is 4.46. The average Bonchev–Trinajstić information content (AvgIpc) is 2.59. The van der Waals surface area contributed by atoms with Crippen molar-refractivity contribution in [2.75, 3.05) is 26.2 Å². The molecule has 3 heterocycles. The number of halogens is 1. The predicted octanol–water partition coefficient (Wildman–Crippen LogP) is 5.29. The van der Waals surface area contributed by atoms with Crippen LogP contribution in [0.1, 0.15) is 46.0 Å². The number of fused-ring (bicyclic) bond motifs is 3. The van der Waals surface area contributed by atoms with E-state index in [-0.39, 0.29) is 1.43 Å². The van der Waals surface area contributed by atoms with Crippen LogP contribution < -0.4 is 4.74 Å². The second-order valence-electron chi connectivity index (χ2n) is 6.14. The molecular weight excluding hydrogens is 294 g/mol. The van der Waals surface area contributed by atoms with Gasteiger partial charge in [0.1, 0.15) is 5.75 Å². The van der Waals surface area contributed by atoms with Gasteiger partial charge in [-0.25, -0.2) is 0 Å². The molecule has 22 heavy (non-hydrogen) atoms. The lowest BCUT2D eigenvalue weighted by Crippen LogP contribution is -2.41. The van der Waals surface area contributed by atoms with Crippen molar-refractivity contribution < 1.29 is 6.16 Å². The molecule has 0 saturated carbocycles. The van der Waals surface area contributed by atoms with Crippen LogP contribution in [0.25, 0.3) is 6.08 Å². The Kier molecular flexibility index (Phi) is 7.82. The highest BCUT2D eigenvalue weighted by Crippen LogP contribution is 2.26. The summed E-state index contributed by atoms with van der Waals surface area (Å²) < 4.78 is 5.52. The zero-order valence-electron chi connectivity index (χ0n) is 14.6. The first-order valence-electron chi connectivity index (χ1n) is 8.53. The Morgan fingerprint density at radius 2 is 1.82 bits per heavy atom. The topological polar surface area (TPSA) is 12.5 Å². The summed E-state index contributed by atoms with van der Waals surface area (Å²) >= 11 is 5.47. The molecule has 0 aliphatic carbocycles. The number of piperidine rings is 3. The van der Waals surface area contributed by atoms with Crippen molar-refractivity contribution in [1.82, 2.24) is 4.90 Å². The van der Waals surface area contributed by atoms with Crippen LogP contribution in [0.15, 0.2) is 29.8 Å². The Morgan fingerprint density at radius 1 is 1.18 bits per heavy atom. The summed E-state index contributed by atoms with van der Waals surface area (Å²) in [5.74, 6) is 2.03. The van der Waals surface area contributed by atoms with Gasteiger partial charge in [0.05, 0.1) is 6.61 Å². The lowest BCUT2D eigenvalue weighted by Gasteiger charge is -2.38. The van der Waals surface area contributed by atoms with Crippen LogP contribution in [0.4, 0.5) is 0 Å². The first-order valence-corrected chi connectivity index (χ1v) is 8.97. The van der Waals surface area contributed by atoms with Crippen molar-refractivity contribution in [1.29, 1.82) is 0 Å². The molecule has 0 amide bonds. The second kappa shape index (κ2) is 9.91. The summed E-state index contributed by atoms with van der Waals surface area (Å²) in [5, 5.41) is 0. The van der Waals surface area contributed by atoms with Gasteiger partial charge in [-0.05, 0) is 75.0 Å². The Morgan fingerprint density at radius 3 is 2.23 bits per heavy atom. The lowest BCUT2D eigenvalue weighted by atomic mass is 9.89. The van der Waals surface area contributed by atoms with Crippen molar-refractivity contribution in [2.45, 2.75) is 39.0 Å². The predicted molar refractivity (Wildman–Crippen MR) is 96.6 cm³/mol. The fourth-order valence-corrected chi connectivity index (χ4v) is 3.09. The zero-order valence-corrected chi connectivity index (χ0v) is 14.4. The molecule has 3 aliphatic heterocycles. The maximum Gasteiger partial charge on any atom is 1.00 e. The van der Waals surface area contributed by atoms with Crippen molar-refractivity contribution in [3.63, 3.8) is 0 Å². The minimum atomic E-state index is 0. The molecule has 3 heteroatoms. The van der Waals surface area contributed by atoms with E-state index in [1.807, 2.05) is 30.3 Å². The van der Waals surface area contributed by atoms with E-state index in [0.717, 1.165) is 36.7 Å². The van der Waals surface area contributed by atoms with Crippen molar-refractivity contribution >= 4 is 17.7 Å². The number of rotatable bonds is 5. The minimum Gasteiger partial charge on any atom is -0.494 e. The molecule has 0 radical (unpaired) electrons. The highest BCUT2D eigenvalue weighted by molar-refractivity contribution is 6.27. The molecule has 1 aromatic rings. The van der Waals surface area contributed by atoms with E-state index in [1.54, 1.807) is 0 Å². The molecule has 0 N–H and O–H groups in total. The van der Waals surface area contributed by atoms with Gasteiger partial charge in [-0.15, -0.1) is 0 Å². The summed E-state index contributed by atoms with van der Waals surface area (Å²) in [4.78, 5) is 2.58. The van der Waals surface area contributed by atoms with Gasteiger partial charge in [-0.3, -0.25) is 0 Å². The summed E-state index contributed by atoms with van der Waals surface area (Å²) in [6, 6.07) is 7.89. The van der Waals surface area contributed by atoms with Crippen LogP contribution in [-0.2, 0) is 0 Å². The van der Waals surface area contributed by atoms with Crippen molar-refractivity contribution in [3.8, 4) is 5.75 Å². The molecule has 0 spiro atoms. The SMILES string of the molecule is C1CN2CCC1CC2.CCCCOc1ccc(/C=C/Cl)cc1.[H+]. The van der Waals surface area contributed by atoms with Gasteiger partial charge < -0.3 is 9.64 Å². The fourth-order valence-electron chi connectivity index (χ4n) is 2.95. The molecule has 0 atom stereocenters. The Hall–Kier alpha value is -0.990. The third-order valence-corrected chi connectivity index (χ3v) is 4.59. The number of nitrogens with zero attached hydrogens (tertiary/aromatic N) is 1. The van der Waals surface area contributed by atoms with Crippen molar-refractivity contribution in [3.05, 3.63) is 35.4 Å². The van der Waals surface area contributed by atoms with Gasteiger partial charge in [0, 0.05) is 5.54 Å². The van der Waals surface area contributed by atoms with Crippen LogP contribution >= 0.6 is 11.6 Å². The normalized spacial score (nSPS) is 23.2. The first kappa shape index (κ1) is 17.4. The van der Waals surface area contributed by atoms with E-state index in [9.17, 15) is 0 Å². The largest absolute Gasteiger partial charge is 1.00 e. The van der Waals surface area contributed by atoms with E-state index in [1.165, 1.54) is 44.4 Å².